The number of anilines is 1. The molecule has 20 heavy (non-hydrogen) atoms. The molecule has 1 aromatic carbocycles. The molecule has 0 atom stereocenters. The smallest absolute Gasteiger partial charge is 0.162 e. The van der Waals surface area contributed by atoms with E-state index in [-0.39, 0.29) is 12.4 Å². The largest absolute Gasteiger partial charge is 0.388 e. The van der Waals surface area contributed by atoms with E-state index >= 15 is 0 Å². The molecule has 0 unspecified atom stereocenters. The van der Waals surface area contributed by atoms with Gasteiger partial charge in [0, 0.05) is 37.8 Å². The fourth-order valence-corrected chi connectivity index (χ4v) is 2.35. The fourth-order valence-electron chi connectivity index (χ4n) is 2.35. The molecule has 1 saturated heterocycles. The monoisotopic (exact) mass is 277 g/mol. The van der Waals surface area contributed by atoms with E-state index < -0.39 is 0 Å². The van der Waals surface area contributed by atoms with Crippen LogP contribution in [0.4, 0.5) is 10.1 Å². The minimum atomic E-state index is -0.266. The second-order valence-corrected chi connectivity index (χ2v) is 4.74. The van der Waals surface area contributed by atoms with Gasteiger partial charge in [0.05, 0.1) is 5.69 Å². The van der Waals surface area contributed by atoms with Gasteiger partial charge in [0.2, 0.25) is 0 Å². The number of aliphatic hydroxyl groups is 1. The number of hydrogen-bond donors (Lipinski definition) is 2. The molecule has 106 valence electrons. The fraction of sp³-hybridized carbons (Fsp3) is 0.357. The Bertz CT molecular complexity index is 594. The van der Waals surface area contributed by atoms with Crippen molar-refractivity contribution in [1.29, 1.82) is 0 Å². The summed E-state index contributed by atoms with van der Waals surface area (Å²) >= 11 is 0. The maximum Gasteiger partial charge on any atom is 0.162 e. The third-order valence-corrected chi connectivity index (χ3v) is 3.42. The van der Waals surface area contributed by atoms with Crippen molar-refractivity contribution in [3.05, 3.63) is 35.8 Å². The molecule has 2 heterocycles. The average Bonchev–Trinajstić information content (AvgIpc) is 2.97. The van der Waals surface area contributed by atoms with Crippen LogP contribution in [0.25, 0.3) is 11.3 Å². The number of hydrogen-bond acceptors (Lipinski definition) is 5. The Morgan fingerprint density at radius 1 is 1.30 bits per heavy atom. The minimum absolute atomic E-state index is 0.214. The van der Waals surface area contributed by atoms with Crippen LogP contribution in [-0.2, 0) is 6.61 Å². The summed E-state index contributed by atoms with van der Waals surface area (Å²) in [7, 11) is 0. The zero-order valence-electron chi connectivity index (χ0n) is 11.0. The maximum absolute atomic E-state index is 14.2. The first-order valence-electron chi connectivity index (χ1n) is 6.60. The van der Waals surface area contributed by atoms with Crippen molar-refractivity contribution in [3.8, 4) is 11.3 Å². The minimum Gasteiger partial charge on any atom is -0.388 e. The first kappa shape index (κ1) is 13.1. The molecule has 1 aliphatic heterocycles. The van der Waals surface area contributed by atoms with Crippen molar-refractivity contribution in [2.24, 2.45) is 0 Å². The molecule has 6 heteroatoms. The highest BCUT2D eigenvalue weighted by atomic mass is 19.1. The highest BCUT2D eigenvalue weighted by Crippen LogP contribution is 2.26. The van der Waals surface area contributed by atoms with Crippen LogP contribution in [0, 0.1) is 5.82 Å². The summed E-state index contributed by atoms with van der Waals surface area (Å²) in [4.78, 5) is 2.03. The Morgan fingerprint density at radius 2 is 2.10 bits per heavy atom. The molecule has 0 bridgehead atoms. The molecule has 1 fully saturated rings. The normalized spacial score (nSPS) is 15.6. The first-order valence-corrected chi connectivity index (χ1v) is 6.60. The summed E-state index contributed by atoms with van der Waals surface area (Å²) in [6.45, 7) is 3.12. The Balaban J connectivity index is 1.86. The molecular weight excluding hydrogens is 261 g/mol. The van der Waals surface area contributed by atoms with Gasteiger partial charge in [-0.3, -0.25) is 0 Å². The van der Waals surface area contributed by atoms with Crippen molar-refractivity contribution in [1.82, 2.24) is 10.5 Å². The number of piperazine rings is 1. The summed E-state index contributed by atoms with van der Waals surface area (Å²) in [6.07, 6.45) is 0. The second kappa shape index (κ2) is 5.60. The molecule has 0 amide bonds. The Labute approximate surface area is 116 Å². The van der Waals surface area contributed by atoms with Gasteiger partial charge in [-0.2, -0.15) is 0 Å². The number of benzene rings is 1. The third kappa shape index (κ3) is 2.52. The van der Waals surface area contributed by atoms with E-state index in [1.165, 1.54) is 6.07 Å². The van der Waals surface area contributed by atoms with Crippen LogP contribution in [-0.4, -0.2) is 36.4 Å². The summed E-state index contributed by atoms with van der Waals surface area (Å²) in [5.41, 5.74) is 1.78. The number of halogens is 1. The molecule has 3 rings (SSSR count). The predicted octanol–water partition coefficient (Wildman–Crippen LogP) is 1.38. The van der Waals surface area contributed by atoms with Gasteiger partial charge in [0.25, 0.3) is 0 Å². The van der Waals surface area contributed by atoms with Gasteiger partial charge in [0.1, 0.15) is 18.1 Å². The van der Waals surface area contributed by atoms with Crippen LogP contribution >= 0.6 is 0 Å². The molecule has 0 aliphatic carbocycles. The summed E-state index contributed by atoms with van der Waals surface area (Å²) < 4.78 is 19.2. The van der Waals surface area contributed by atoms with Crippen LogP contribution in [0.3, 0.4) is 0 Å². The van der Waals surface area contributed by atoms with E-state index in [9.17, 15) is 4.39 Å². The van der Waals surface area contributed by atoms with Crippen molar-refractivity contribution in [3.63, 3.8) is 0 Å². The standard InChI is InChI=1S/C14H16FN3O2/c15-12-7-10(13-8-11(9-19)20-17-13)1-2-14(12)18-5-3-16-4-6-18/h1-2,7-8,16,19H,3-6,9H2. The summed E-state index contributed by atoms with van der Waals surface area (Å²) in [5.74, 6) is 0.101. The Kier molecular flexibility index (Phi) is 3.66. The predicted molar refractivity (Wildman–Crippen MR) is 72.9 cm³/mol. The lowest BCUT2D eigenvalue weighted by atomic mass is 10.1. The highest BCUT2D eigenvalue weighted by molar-refractivity contribution is 5.63. The summed E-state index contributed by atoms with van der Waals surface area (Å²) in [5, 5.41) is 16.0. The van der Waals surface area contributed by atoms with Crippen molar-refractivity contribution < 1.29 is 14.0 Å². The zero-order chi connectivity index (χ0) is 13.9. The molecule has 0 spiro atoms. The highest BCUT2D eigenvalue weighted by Gasteiger charge is 2.16. The maximum atomic E-state index is 14.2. The van der Waals surface area contributed by atoms with E-state index in [0.717, 1.165) is 26.2 Å². The van der Waals surface area contributed by atoms with Crippen LogP contribution < -0.4 is 10.2 Å². The van der Waals surface area contributed by atoms with Crippen molar-refractivity contribution in [2.75, 3.05) is 31.1 Å². The number of rotatable bonds is 3. The zero-order valence-corrected chi connectivity index (χ0v) is 11.0. The van der Waals surface area contributed by atoms with Gasteiger partial charge < -0.3 is 19.8 Å². The topological polar surface area (TPSA) is 61.5 Å². The van der Waals surface area contributed by atoms with Gasteiger partial charge >= 0.3 is 0 Å². The molecule has 2 N–H and O–H groups in total. The van der Waals surface area contributed by atoms with Gasteiger partial charge in [-0.05, 0) is 12.1 Å². The molecule has 1 aliphatic rings. The van der Waals surface area contributed by atoms with E-state index in [1.807, 2.05) is 11.0 Å². The molecular formula is C14H16FN3O2. The van der Waals surface area contributed by atoms with Crippen LogP contribution in [0.15, 0.2) is 28.8 Å². The number of nitrogens with one attached hydrogen (secondary N) is 1. The molecule has 0 radical (unpaired) electrons. The van der Waals surface area contributed by atoms with E-state index in [4.69, 9.17) is 9.63 Å². The molecule has 2 aromatic rings. The number of aromatic nitrogens is 1. The van der Waals surface area contributed by atoms with Crippen molar-refractivity contribution in [2.45, 2.75) is 6.61 Å². The SMILES string of the molecule is OCc1cc(-c2ccc(N3CCNCC3)c(F)c2)no1. The molecule has 0 saturated carbocycles. The molecule has 1 aromatic heterocycles. The first-order chi connectivity index (χ1) is 9.78. The van der Waals surface area contributed by atoms with Gasteiger partial charge in [-0.25, -0.2) is 4.39 Å². The van der Waals surface area contributed by atoms with E-state index in [1.54, 1.807) is 12.1 Å². The van der Waals surface area contributed by atoms with Crippen LogP contribution in [0.1, 0.15) is 5.76 Å². The lowest BCUT2D eigenvalue weighted by Crippen LogP contribution is -2.43. The van der Waals surface area contributed by atoms with Crippen LogP contribution in [0.5, 0.6) is 0 Å². The average molecular weight is 277 g/mol. The van der Waals surface area contributed by atoms with Gasteiger partial charge in [-0.1, -0.05) is 11.2 Å². The van der Waals surface area contributed by atoms with E-state index in [2.05, 4.69) is 10.5 Å². The Hall–Kier alpha value is -1.92. The second-order valence-electron chi connectivity index (χ2n) is 4.74. The quantitative estimate of drug-likeness (QED) is 0.887. The van der Waals surface area contributed by atoms with Crippen molar-refractivity contribution >= 4 is 5.69 Å². The number of aliphatic hydroxyl groups excluding tert-OH is 1. The summed E-state index contributed by atoms with van der Waals surface area (Å²) in [6, 6.07) is 6.65. The molecule has 5 nitrogen and oxygen atoms in total. The Morgan fingerprint density at radius 3 is 2.75 bits per heavy atom. The lowest BCUT2D eigenvalue weighted by Gasteiger charge is -2.29. The van der Waals surface area contributed by atoms with E-state index in [0.29, 0.717) is 22.7 Å². The van der Waals surface area contributed by atoms with Gasteiger partial charge in [0.15, 0.2) is 5.76 Å². The third-order valence-electron chi connectivity index (χ3n) is 3.42. The van der Waals surface area contributed by atoms with Gasteiger partial charge in [-0.15, -0.1) is 0 Å². The number of nitrogens with zero attached hydrogens (tertiary/aromatic N) is 2. The lowest BCUT2D eigenvalue weighted by molar-refractivity contribution is 0.229. The van der Waals surface area contributed by atoms with Crippen LogP contribution in [0.2, 0.25) is 0 Å².